The third-order valence-corrected chi connectivity index (χ3v) is 3.50. The van der Waals surface area contributed by atoms with Crippen LogP contribution in [0, 0.1) is 5.82 Å². The molecule has 0 radical (unpaired) electrons. The van der Waals surface area contributed by atoms with Gasteiger partial charge in [0.1, 0.15) is 5.82 Å². The van der Waals surface area contributed by atoms with Crippen LogP contribution in [0.2, 0.25) is 0 Å². The van der Waals surface area contributed by atoms with Crippen LogP contribution in [0.15, 0.2) is 53.1 Å². The molecule has 3 nitrogen and oxygen atoms in total. The summed E-state index contributed by atoms with van der Waals surface area (Å²) in [7, 11) is 0. The van der Waals surface area contributed by atoms with E-state index in [1.165, 1.54) is 6.07 Å². The standard InChI is InChI=1S/C15H10BrFN2.H3N/c16-9-5-6-14-11(7-9)15(13(18)8-19-14)10-3-1-2-4-12(10)17;/h1-8H,18H2;1H3. The van der Waals surface area contributed by atoms with Crippen LogP contribution in [-0.2, 0) is 0 Å². The summed E-state index contributed by atoms with van der Waals surface area (Å²) in [6, 6.07) is 12.3. The summed E-state index contributed by atoms with van der Waals surface area (Å²) in [5.74, 6) is -0.290. The van der Waals surface area contributed by atoms with E-state index in [-0.39, 0.29) is 12.0 Å². The van der Waals surface area contributed by atoms with E-state index in [1.807, 2.05) is 18.2 Å². The molecule has 0 spiro atoms. The lowest BCUT2D eigenvalue weighted by atomic mass is 9.99. The van der Waals surface area contributed by atoms with Crippen LogP contribution < -0.4 is 11.9 Å². The zero-order chi connectivity index (χ0) is 13.4. The molecule has 0 saturated carbocycles. The first kappa shape index (κ1) is 14.4. The number of fused-ring (bicyclic) bond motifs is 1. The lowest BCUT2D eigenvalue weighted by molar-refractivity contribution is 0.631. The van der Waals surface area contributed by atoms with Gasteiger partial charge in [-0.05, 0) is 24.3 Å². The van der Waals surface area contributed by atoms with E-state index >= 15 is 0 Å². The summed E-state index contributed by atoms with van der Waals surface area (Å²) in [6.07, 6.45) is 1.57. The number of nitrogens with zero attached hydrogens (tertiary/aromatic N) is 1. The highest BCUT2D eigenvalue weighted by Crippen LogP contribution is 2.35. The lowest BCUT2D eigenvalue weighted by Gasteiger charge is -2.11. The average molecular weight is 334 g/mol. The zero-order valence-corrected chi connectivity index (χ0v) is 12.2. The highest BCUT2D eigenvalue weighted by Gasteiger charge is 2.12. The summed E-state index contributed by atoms with van der Waals surface area (Å²) in [4.78, 5) is 4.27. The van der Waals surface area contributed by atoms with Gasteiger partial charge >= 0.3 is 0 Å². The number of aromatic nitrogens is 1. The first-order chi connectivity index (χ1) is 9.16. The molecule has 3 aromatic rings. The minimum absolute atomic E-state index is 0. The van der Waals surface area contributed by atoms with Crippen molar-refractivity contribution < 1.29 is 4.39 Å². The summed E-state index contributed by atoms with van der Waals surface area (Å²) < 4.78 is 14.9. The van der Waals surface area contributed by atoms with Gasteiger partial charge < -0.3 is 11.9 Å². The van der Waals surface area contributed by atoms with Crippen molar-refractivity contribution in [3.05, 3.63) is 59.0 Å². The van der Waals surface area contributed by atoms with Crippen molar-refractivity contribution in [3.63, 3.8) is 0 Å². The van der Waals surface area contributed by atoms with Crippen LogP contribution >= 0.6 is 15.9 Å². The number of hydrogen-bond donors (Lipinski definition) is 2. The fourth-order valence-electron chi connectivity index (χ4n) is 2.14. The van der Waals surface area contributed by atoms with Crippen molar-refractivity contribution in [2.75, 3.05) is 5.73 Å². The van der Waals surface area contributed by atoms with Gasteiger partial charge in [-0.3, -0.25) is 4.98 Å². The zero-order valence-electron chi connectivity index (χ0n) is 10.6. The number of halogens is 2. The molecule has 0 unspecified atom stereocenters. The number of hydrogen-bond acceptors (Lipinski definition) is 3. The molecule has 5 heteroatoms. The number of nitrogen functional groups attached to an aromatic ring is 1. The molecule has 2 aromatic carbocycles. The van der Waals surface area contributed by atoms with E-state index in [2.05, 4.69) is 20.9 Å². The molecule has 1 heterocycles. The van der Waals surface area contributed by atoms with Gasteiger partial charge in [-0.25, -0.2) is 4.39 Å². The topological polar surface area (TPSA) is 73.9 Å². The van der Waals surface area contributed by atoms with Gasteiger partial charge in [-0.1, -0.05) is 34.1 Å². The number of nitrogens with two attached hydrogens (primary N) is 1. The van der Waals surface area contributed by atoms with E-state index in [4.69, 9.17) is 5.73 Å². The molecule has 0 atom stereocenters. The van der Waals surface area contributed by atoms with Gasteiger partial charge in [-0.2, -0.15) is 0 Å². The third kappa shape index (κ3) is 2.37. The van der Waals surface area contributed by atoms with E-state index < -0.39 is 0 Å². The van der Waals surface area contributed by atoms with E-state index in [0.717, 1.165) is 15.4 Å². The van der Waals surface area contributed by atoms with Crippen LogP contribution in [0.25, 0.3) is 22.0 Å². The minimum Gasteiger partial charge on any atom is -0.397 e. The summed E-state index contributed by atoms with van der Waals surface area (Å²) in [6.45, 7) is 0. The van der Waals surface area contributed by atoms with Crippen molar-refractivity contribution in [1.82, 2.24) is 11.1 Å². The molecule has 3 rings (SSSR count). The van der Waals surface area contributed by atoms with E-state index in [9.17, 15) is 4.39 Å². The van der Waals surface area contributed by atoms with Gasteiger partial charge in [0.2, 0.25) is 0 Å². The monoisotopic (exact) mass is 333 g/mol. The molecular formula is C15H13BrFN3. The second-order valence-electron chi connectivity index (χ2n) is 4.23. The highest BCUT2D eigenvalue weighted by molar-refractivity contribution is 9.10. The quantitative estimate of drug-likeness (QED) is 0.686. The lowest BCUT2D eigenvalue weighted by Crippen LogP contribution is -1.95. The smallest absolute Gasteiger partial charge is 0.131 e. The predicted molar refractivity (Wildman–Crippen MR) is 84.3 cm³/mol. The van der Waals surface area contributed by atoms with Crippen molar-refractivity contribution in [2.45, 2.75) is 0 Å². The third-order valence-electron chi connectivity index (χ3n) is 3.00. The molecule has 0 fully saturated rings. The predicted octanol–water partition coefficient (Wildman–Crippen LogP) is 4.55. The molecule has 0 saturated heterocycles. The van der Waals surface area contributed by atoms with Crippen LogP contribution in [0.1, 0.15) is 0 Å². The van der Waals surface area contributed by atoms with Gasteiger partial charge in [-0.15, -0.1) is 0 Å². The number of anilines is 1. The summed E-state index contributed by atoms with van der Waals surface area (Å²) >= 11 is 3.42. The van der Waals surface area contributed by atoms with Gasteiger partial charge in [0.15, 0.2) is 0 Å². The van der Waals surface area contributed by atoms with E-state index in [1.54, 1.807) is 24.4 Å². The fourth-order valence-corrected chi connectivity index (χ4v) is 2.51. The molecule has 0 aliphatic carbocycles. The Morgan fingerprint density at radius 3 is 2.60 bits per heavy atom. The first-order valence-corrected chi connectivity index (χ1v) is 6.55. The van der Waals surface area contributed by atoms with Gasteiger partial charge in [0.25, 0.3) is 0 Å². The molecule has 1 aromatic heterocycles. The molecule has 0 bridgehead atoms. The van der Waals surface area contributed by atoms with Crippen molar-refractivity contribution in [2.24, 2.45) is 0 Å². The van der Waals surface area contributed by atoms with Crippen LogP contribution in [0.4, 0.5) is 10.1 Å². The average Bonchev–Trinajstić information content (AvgIpc) is 2.40. The molecular weight excluding hydrogens is 321 g/mol. The second kappa shape index (κ2) is 5.56. The van der Waals surface area contributed by atoms with Crippen LogP contribution in [0.5, 0.6) is 0 Å². The van der Waals surface area contributed by atoms with Crippen LogP contribution in [0.3, 0.4) is 0 Å². The molecule has 102 valence electrons. The molecule has 20 heavy (non-hydrogen) atoms. The maximum atomic E-state index is 14.0. The molecule has 0 aliphatic heterocycles. The van der Waals surface area contributed by atoms with Crippen molar-refractivity contribution >= 4 is 32.5 Å². The number of rotatable bonds is 1. The fraction of sp³-hybridized carbons (Fsp3) is 0. The Kier molecular flexibility index (Phi) is 4.01. The normalized spacial score (nSPS) is 10.3. The SMILES string of the molecule is N.Nc1cnc2ccc(Br)cc2c1-c1ccccc1F. The Balaban J connectivity index is 0.00000147. The highest BCUT2D eigenvalue weighted by atomic mass is 79.9. The number of benzene rings is 2. The summed E-state index contributed by atoms with van der Waals surface area (Å²) in [5, 5.41) is 0.833. The van der Waals surface area contributed by atoms with Crippen molar-refractivity contribution in [3.8, 4) is 11.1 Å². The largest absolute Gasteiger partial charge is 0.397 e. The first-order valence-electron chi connectivity index (χ1n) is 5.75. The summed E-state index contributed by atoms with van der Waals surface area (Å²) in [5.41, 5.74) is 8.42. The van der Waals surface area contributed by atoms with Crippen LogP contribution in [-0.4, -0.2) is 4.98 Å². The Morgan fingerprint density at radius 1 is 1.10 bits per heavy atom. The maximum absolute atomic E-state index is 14.0. The Labute approximate surface area is 124 Å². The van der Waals surface area contributed by atoms with Crippen molar-refractivity contribution in [1.29, 1.82) is 0 Å². The number of pyridine rings is 1. The second-order valence-corrected chi connectivity index (χ2v) is 5.15. The Bertz CT molecular complexity index is 769. The Morgan fingerprint density at radius 2 is 1.85 bits per heavy atom. The maximum Gasteiger partial charge on any atom is 0.131 e. The molecule has 0 aliphatic rings. The molecule has 0 amide bonds. The Hall–Kier alpha value is -1.98. The van der Waals surface area contributed by atoms with Gasteiger partial charge in [0, 0.05) is 21.0 Å². The molecule has 5 N–H and O–H groups in total. The van der Waals surface area contributed by atoms with E-state index in [0.29, 0.717) is 16.8 Å². The van der Waals surface area contributed by atoms with Gasteiger partial charge in [0.05, 0.1) is 17.4 Å². The minimum atomic E-state index is -0.290.